The van der Waals surface area contributed by atoms with Gasteiger partial charge < -0.3 is 5.73 Å². The maximum atomic E-state index is 5.64. The lowest BCUT2D eigenvalue weighted by molar-refractivity contribution is 0.784. The zero-order valence-corrected chi connectivity index (χ0v) is 8.72. The Morgan fingerprint density at radius 1 is 1.40 bits per heavy atom. The van der Waals surface area contributed by atoms with Crippen molar-refractivity contribution >= 4 is 0 Å². The monoisotopic (exact) mass is 202 g/mol. The quantitative estimate of drug-likeness (QED) is 0.815. The van der Waals surface area contributed by atoms with E-state index in [0.29, 0.717) is 6.54 Å². The van der Waals surface area contributed by atoms with Gasteiger partial charge in [0, 0.05) is 18.3 Å². The van der Waals surface area contributed by atoms with Gasteiger partial charge in [-0.3, -0.25) is 0 Å². The average molecular weight is 202 g/mol. The van der Waals surface area contributed by atoms with E-state index >= 15 is 0 Å². The summed E-state index contributed by atoms with van der Waals surface area (Å²) < 4.78 is 1.85. The van der Waals surface area contributed by atoms with Crippen molar-refractivity contribution in [3.05, 3.63) is 41.9 Å². The van der Waals surface area contributed by atoms with Crippen LogP contribution in [0.1, 0.15) is 18.2 Å². The minimum Gasteiger partial charge on any atom is -0.326 e. The van der Waals surface area contributed by atoms with Crippen molar-refractivity contribution < 1.29 is 0 Å². The predicted octanol–water partition coefficient (Wildman–Crippen LogP) is 1.29. The van der Waals surface area contributed by atoms with Gasteiger partial charge in [-0.25, -0.2) is 9.67 Å². The molecule has 0 radical (unpaired) electrons. The van der Waals surface area contributed by atoms with Crippen LogP contribution in [0, 0.1) is 0 Å². The first-order chi connectivity index (χ1) is 7.36. The van der Waals surface area contributed by atoms with Crippen molar-refractivity contribution in [1.82, 2.24) is 14.8 Å². The molecule has 0 saturated heterocycles. The third-order valence-corrected chi connectivity index (χ3v) is 2.38. The third-order valence-electron chi connectivity index (χ3n) is 2.38. The molecule has 2 N–H and O–H groups in total. The van der Waals surface area contributed by atoms with E-state index in [9.17, 15) is 0 Å². The molecule has 0 fully saturated rings. The number of aromatic nitrogens is 3. The fourth-order valence-electron chi connectivity index (χ4n) is 1.63. The summed E-state index contributed by atoms with van der Waals surface area (Å²) in [6.07, 6.45) is 4.48. The lowest BCUT2D eigenvalue weighted by atomic mass is 10.2. The number of hydrogen-bond donors (Lipinski definition) is 1. The van der Waals surface area contributed by atoms with E-state index in [1.807, 2.05) is 29.1 Å². The van der Waals surface area contributed by atoms with E-state index < -0.39 is 0 Å². The molecule has 0 unspecified atom stereocenters. The van der Waals surface area contributed by atoms with Gasteiger partial charge in [-0.05, 0) is 18.6 Å². The molecule has 0 bridgehead atoms. The number of rotatable bonds is 3. The summed E-state index contributed by atoms with van der Waals surface area (Å²) in [5, 5.41) is 4.30. The first-order valence-electron chi connectivity index (χ1n) is 5.04. The summed E-state index contributed by atoms with van der Waals surface area (Å²) in [6.45, 7) is 2.62. The summed E-state index contributed by atoms with van der Waals surface area (Å²) >= 11 is 0. The van der Waals surface area contributed by atoms with Crippen molar-refractivity contribution in [2.24, 2.45) is 5.73 Å². The molecular weight excluding hydrogens is 188 g/mol. The number of pyridine rings is 1. The van der Waals surface area contributed by atoms with Crippen LogP contribution in [0.3, 0.4) is 0 Å². The van der Waals surface area contributed by atoms with Crippen LogP contribution in [0.25, 0.3) is 5.82 Å². The molecule has 2 heterocycles. The average Bonchev–Trinajstić information content (AvgIpc) is 2.72. The van der Waals surface area contributed by atoms with E-state index in [1.165, 1.54) is 0 Å². The number of hydrogen-bond acceptors (Lipinski definition) is 3. The van der Waals surface area contributed by atoms with E-state index in [2.05, 4.69) is 17.0 Å². The van der Waals surface area contributed by atoms with E-state index in [0.717, 1.165) is 23.5 Å². The maximum absolute atomic E-state index is 5.64. The van der Waals surface area contributed by atoms with Gasteiger partial charge in [-0.15, -0.1) is 0 Å². The van der Waals surface area contributed by atoms with E-state index in [1.54, 1.807) is 6.20 Å². The molecule has 0 amide bonds. The Hall–Kier alpha value is -1.68. The highest BCUT2D eigenvalue weighted by Gasteiger charge is 2.09. The fraction of sp³-hybridized carbons (Fsp3) is 0.273. The Morgan fingerprint density at radius 2 is 2.27 bits per heavy atom. The van der Waals surface area contributed by atoms with Crippen molar-refractivity contribution in [3.63, 3.8) is 0 Å². The van der Waals surface area contributed by atoms with Crippen LogP contribution < -0.4 is 5.73 Å². The van der Waals surface area contributed by atoms with Gasteiger partial charge >= 0.3 is 0 Å². The number of nitrogens with zero attached hydrogens (tertiary/aromatic N) is 3. The van der Waals surface area contributed by atoms with Crippen LogP contribution in [-0.4, -0.2) is 14.8 Å². The lowest BCUT2D eigenvalue weighted by Gasteiger charge is -2.05. The highest BCUT2D eigenvalue weighted by Crippen LogP contribution is 2.13. The Morgan fingerprint density at radius 3 is 2.87 bits per heavy atom. The molecule has 15 heavy (non-hydrogen) atoms. The van der Waals surface area contributed by atoms with Crippen LogP contribution >= 0.6 is 0 Å². The minimum atomic E-state index is 0.524. The largest absolute Gasteiger partial charge is 0.326 e. The summed E-state index contributed by atoms with van der Waals surface area (Å²) in [5.74, 6) is 0.842. The zero-order valence-electron chi connectivity index (χ0n) is 8.72. The van der Waals surface area contributed by atoms with E-state index in [-0.39, 0.29) is 0 Å². The minimum absolute atomic E-state index is 0.524. The van der Waals surface area contributed by atoms with Crippen molar-refractivity contribution in [2.75, 3.05) is 0 Å². The molecule has 2 rings (SSSR count). The SMILES string of the molecule is CCc1c(CN)cnn1-c1ccccn1. The van der Waals surface area contributed by atoms with Gasteiger partial charge in [0.2, 0.25) is 0 Å². The van der Waals surface area contributed by atoms with Crippen LogP contribution in [0.5, 0.6) is 0 Å². The van der Waals surface area contributed by atoms with Gasteiger partial charge in [-0.1, -0.05) is 13.0 Å². The molecule has 0 aliphatic carbocycles. The molecule has 0 saturated carbocycles. The summed E-state index contributed by atoms with van der Waals surface area (Å²) in [7, 11) is 0. The second-order valence-corrected chi connectivity index (χ2v) is 3.27. The molecule has 0 spiro atoms. The molecule has 2 aromatic rings. The summed E-state index contributed by atoms with van der Waals surface area (Å²) in [5.41, 5.74) is 7.87. The van der Waals surface area contributed by atoms with Gasteiger partial charge in [0.1, 0.15) is 0 Å². The lowest BCUT2D eigenvalue weighted by Crippen LogP contribution is -2.06. The van der Waals surface area contributed by atoms with Gasteiger partial charge in [0.15, 0.2) is 5.82 Å². The van der Waals surface area contributed by atoms with Crippen molar-refractivity contribution in [2.45, 2.75) is 19.9 Å². The van der Waals surface area contributed by atoms with Crippen molar-refractivity contribution in [1.29, 1.82) is 0 Å². The van der Waals surface area contributed by atoms with Crippen molar-refractivity contribution in [3.8, 4) is 5.82 Å². The van der Waals surface area contributed by atoms with E-state index in [4.69, 9.17) is 5.73 Å². The Kier molecular flexibility index (Phi) is 2.78. The van der Waals surface area contributed by atoms with Crippen LogP contribution in [0.15, 0.2) is 30.6 Å². The molecule has 0 aliphatic rings. The predicted molar refractivity (Wildman–Crippen MR) is 58.6 cm³/mol. The normalized spacial score (nSPS) is 10.5. The first kappa shape index (κ1) is 9.86. The van der Waals surface area contributed by atoms with Gasteiger partial charge in [0.05, 0.1) is 11.9 Å². The zero-order chi connectivity index (χ0) is 10.7. The third kappa shape index (κ3) is 1.76. The maximum Gasteiger partial charge on any atom is 0.153 e. The highest BCUT2D eigenvalue weighted by molar-refractivity contribution is 5.28. The molecule has 0 aliphatic heterocycles. The standard InChI is InChI=1S/C11H14N4/c1-2-10-9(7-12)8-14-15(10)11-5-3-4-6-13-11/h3-6,8H,2,7,12H2,1H3. The van der Waals surface area contributed by atoms with Crippen LogP contribution in [0.2, 0.25) is 0 Å². The van der Waals surface area contributed by atoms with Crippen LogP contribution in [0.4, 0.5) is 0 Å². The Balaban J connectivity index is 2.49. The summed E-state index contributed by atoms with van der Waals surface area (Å²) in [6, 6.07) is 5.78. The summed E-state index contributed by atoms with van der Waals surface area (Å²) in [4.78, 5) is 4.26. The number of nitrogens with two attached hydrogens (primary N) is 1. The molecule has 78 valence electrons. The smallest absolute Gasteiger partial charge is 0.153 e. The van der Waals surface area contributed by atoms with Gasteiger partial charge in [0.25, 0.3) is 0 Å². The molecule has 0 atom stereocenters. The Labute approximate surface area is 88.8 Å². The molecule has 2 aromatic heterocycles. The molecule has 0 aromatic carbocycles. The van der Waals surface area contributed by atoms with Gasteiger partial charge in [-0.2, -0.15) is 5.10 Å². The molecule has 4 nitrogen and oxygen atoms in total. The first-order valence-corrected chi connectivity index (χ1v) is 5.04. The topological polar surface area (TPSA) is 56.7 Å². The Bertz CT molecular complexity index is 433. The fourth-order valence-corrected chi connectivity index (χ4v) is 1.63. The second-order valence-electron chi connectivity index (χ2n) is 3.27. The second kappa shape index (κ2) is 4.23. The molecular formula is C11H14N4. The highest BCUT2D eigenvalue weighted by atomic mass is 15.3. The van der Waals surface area contributed by atoms with Crippen LogP contribution in [-0.2, 0) is 13.0 Å². The molecule has 4 heteroatoms.